The molecule has 0 fully saturated rings. The maximum atomic E-state index is 11.4. The van der Waals surface area contributed by atoms with Crippen LogP contribution in [0.25, 0.3) is 22.2 Å². The molecule has 119 heavy (non-hydrogen) atoms. The zero-order valence-corrected chi connectivity index (χ0v) is 74.4. The van der Waals surface area contributed by atoms with E-state index in [1.807, 2.05) is 164 Å². The first-order valence-corrected chi connectivity index (χ1v) is 41.6. The summed E-state index contributed by atoms with van der Waals surface area (Å²) in [7, 11) is 0. The number of hydrogen-bond donors (Lipinski definition) is 1. The van der Waals surface area contributed by atoms with Gasteiger partial charge in [-0.15, -0.1) is 0 Å². The first kappa shape index (κ1) is 90.5. The quantitative estimate of drug-likeness (QED) is 0.0609. The summed E-state index contributed by atoms with van der Waals surface area (Å²) in [6.45, 7) is 47.3. The van der Waals surface area contributed by atoms with E-state index >= 15 is 0 Å². The molecule has 1 N–H and O–H groups in total. The van der Waals surface area contributed by atoms with Crippen molar-refractivity contribution in [3.63, 3.8) is 0 Å². The normalized spacial score (nSPS) is 11.6. The van der Waals surface area contributed by atoms with Crippen LogP contribution < -0.4 is 0 Å². The molecule has 13 nitrogen and oxygen atoms in total. The minimum absolute atomic E-state index is 0.0354. The summed E-state index contributed by atoms with van der Waals surface area (Å²) >= 11 is 1.78. The lowest BCUT2D eigenvalue weighted by atomic mass is 9.93. The molecule has 8 aromatic carbocycles. The van der Waals surface area contributed by atoms with Crippen LogP contribution in [0.3, 0.4) is 0 Å². The lowest BCUT2D eigenvalue weighted by Crippen LogP contribution is -2.04. The Morgan fingerprint density at radius 3 is 1.24 bits per heavy atom. The molecule has 0 atom stereocenters. The summed E-state index contributed by atoms with van der Waals surface area (Å²) < 4.78 is 0. The van der Waals surface area contributed by atoms with Gasteiger partial charge in [0.1, 0.15) is 17.1 Å². The van der Waals surface area contributed by atoms with Gasteiger partial charge >= 0.3 is 0 Å². The highest BCUT2D eigenvalue weighted by atomic mass is 32.2. The van der Waals surface area contributed by atoms with Gasteiger partial charge in [0.2, 0.25) is 0 Å². The van der Waals surface area contributed by atoms with Crippen LogP contribution in [0.2, 0.25) is 0 Å². The third kappa shape index (κ3) is 25.3. The van der Waals surface area contributed by atoms with Crippen LogP contribution in [-0.4, -0.2) is 71.7 Å². The molecule has 0 spiro atoms. The van der Waals surface area contributed by atoms with E-state index in [9.17, 15) is 14.7 Å². The molecule has 14 heteroatoms. The molecule has 0 saturated carbocycles. The summed E-state index contributed by atoms with van der Waals surface area (Å²) in [5.74, 6) is 1.88. The second-order valence-electron chi connectivity index (χ2n) is 31.6. The molecule has 5 heterocycles. The summed E-state index contributed by atoms with van der Waals surface area (Å²) in [5.41, 5.74) is 32.6. The molecule has 0 bridgehead atoms. The van der Waals surface area contributed by atoms with E-state index in [1.54, 1.807) is 42.1 Å². The van der Waals surface area contributed by atoms with Crippen LogP contribution in [-0.2, 0) is 0 Å². The summed E-state index contributed by atoms with van der Waals surface area (Å²) in [6.07, 6.45) is 5.64. The molecule has 13 aromatic rings. The highest BCUT2D eigenvalue weighted by Gasteiger charge is 2.18. The van der Waals surface area contributed by atoms with E-state index < -0.39 is 0 Å². The van der Waals surface area contributed by atoms with Crippen molar-refractivity contribution in [3.8, 4) is 17.0 Å². The first-order chi connectivity index (χ1) is 56.7. The van der Waals surface area contributed by atoms with E-state index in [0.717, 1.165) is 112 Å². The number of aromatic nitrogens is 5. The monoisotopic (exact) mass is 1590 g/mol. The van der Waals surface area contributed by atoms with Crippen LogP contribution >= 0.6 is 11.8 Å². The number of para-hydroxylation sites is 5. The van der Waals surface area contributed by atoms with Gasteiger partial charge in [-0.25, -0.2) is 19.9 Å². The minimum Gasteiger partial charge on any atom is -0.508 e. The van der Waals surface area contributed by atoms with Gasteiger partial charge in [0, 0.05) is 40.3 Å². The van der Waals surface area contributed by atoms with E-state index in [2.05, 4.69) is 224 Å². The molecule has 0 amide bonds. The number of pyridine rings is 5. The molecule has 5 aromatic heterocycles. The first-order valence-electron chi connectivity index (χ1n) is 40.7. The van der Waals surface area contributed by atoms with Crippen LogP contribution in [0, 0.1) is 76.2 Å². The van der Waals surface area contributed by atoms with Gasteiger partial charge in [-0.3, -0.25) is 39.5 Å². The lowest BCUT2D eigenvalue weighted by molar-refractivity contribution is 0.100. The Labute approximate surface area is 710 Å². The lowest BCUT2D eigenvalue weighted by Gasteiger charge is -2.16. The number of nitrogens with zero attached hydrogens (tertiary/aromatic N) is 10. The number of fused-ring (bicyclic) bond motifs is 1. The van der Waals surface area contributed by atoms with Crippen molar-refractivity contribution in [2.45, 2.75) is 193 Å². The Bertz CT molecular complexity index is 5800. The standard InChI is InChI=1S/C27H32N2.C22H22N2S.C22H24N2.C17H18N2O2.C17H18N2O/c1-17(2)23-11-9-12-24(18(3)4)27(23)28-16-22-10-8-13-25(29-22)26-20(6)14-19(5)15-21(26)7;1-15-12-16(2)22(17(3)13-15)25-21-11-6-5-10-20(21)23-14-19-9-7-8-18(4)24-19;1-15(2)19-9-7-10-20(16(3)4)22(19)23-14-18-13-12-17-8-5-6-11-21(17)24-18;1-10-8-14(21)9-11(2)17(10)18-12(3)15-6-5-7-16(19-15)13(4)20;1-11-7-5-8-12(2)17(11)18-13(3)15-9-6-10-16(19-15)14(4)20/h8-18H,1-7H3;5-14H,1-4H3;5-16H,1-4H3;5-9,21H,1-4H3;5-10H,1-4H3. The Balaban J connectivity index is 0.000000170. The predicted molar refractivity (Wildman–Crippen MR) is 503 cm³/mol. The van der Waals surface area contributed by atoms with E-state index in [1.165, 1.54) is 79.9 Å². The summed E-state index contributed by atoms with van der Waals surface area (Å²) in [4.78, 5) is 71.7. The van der Waals surface area contributed by atoms with Crippen LogP contribution in [0.5, 0.6) is 5.75 Å². The molecule has 0 aliphatic rings. The van der Waals surface area contributed by atoms with Crippen molar-refractivity contribution in [2.24, 2.45) is 25.0 Å². The van der Waals surface area contributed by atoms with Crippen molar-refractivity contribution in [2.75, 3.05) is 0 Å². The van der Waals surface area contributed by atoms with E-state index in [4.69, 9.17) is 20.0 Å². The Kier molecular flexibility index (Phi) is 32.4. The fourth-order valence-corrected chi connectivity index (χ4v) is 15.1. The van der Waals surface area contributed by atoms with Crippen LogP contribution in [0.4, 0.5) is 28.4 Å². The number of phenols is 1. The van der Waals surface area contributed by atoms with Gasteiger partial charge < -0.3 is 5.11 Å². The van der Waals surface area contributed by atoms with Gasteiger partial charge in [0.25, 0.3) is 0 Å². The maximum absolute atomic E-state index is 11.4. The van der Waals surface area contributed by atoms with E-state index in [-0.39, 0.29) is 17.3 Å². The number of benzene rings is 8. The van der Waals surface area contributed by atoms with Crippen LogP contribution in [0.1, 0.15) is 240 Å². The van der Waals surface area contributed by atoms with E-state index in [0.29, 0.717) is 40.8 Å². The number of rotatable bonds is 19. The number of aryl methyl sites for hydroxylation is 11. The van der Waals surface area contributed by atoms with Gasteiger partial charge in [0.15, 0.2) is 11.6 Å². The minimum atomic E-state index is -0.0679. The third-order valence-electron chi connectivity index (χ3n) is 20.0. The average molecular weight is 1600 g/mol. The smallest absolute Gasteiger partial charge is 0.178 e. The molecular weight excluding hydrogens is 1480 g/mol. The fraction of sp³-hybridized carbons (Fsp3) is 0.257. The second kappa shape index (κ2) is 42.7. The number of aliphatic imine (C=N–C) groups is 5. The largest absolute Gasteiger partial charge is 0.508 e. The number of carbonyl (C=O) groups excluding carboxylic acids is 2. The number of carbonyl (C=O) groups is 2. The number of aromatic hydroxyl groups is 1. The van der Waals surface area contributed by atoms with Crippen LogP contribution in [0.15, 0.2) is 259 Å². The van der Waals surface area contributed by atoms with Gasteiger partial charge in [-0.1, -0.05) is 218 Å². The highest BCUT2D eigenvalue weighted by Crippen LogP contribution is 2.41. The average Bonchev–Trinajstić information content (AvgIpc) is 0.818. The van der Waals surface area contributed by atoms with Gasteiger partial charge in [-0.05, 0) is 265 Å². The van der Waals surface area contributed by atoms with Gasteiger partial charge in [-0.2, -0.15) is 0 Å². The van der Waals surface area contributed by atoms with Gasteiger partial charge in [0.05, 0.1) is 98.2 Å². The zero-order chi connectivity index (χ0) is 86.3. The molecule has 0 saturated heterocycles. The zero-order valence-electron chi connectivity index (χ0n) is 73.5. The van der Waals surface area contributed by atoms with Crippen molar-refractivity contribution in [1.82, 2.24) is 24.9 Å². The summed E-state index contributed by atoms with van der Waals surface area (Å²) in [5, 5.41) is 10.7. The van der Waals surface area contributed by atoms with Crippen molar-refractivity contribution >= 4 is 92.7 Å². The fourth-order valence-electron chi connectivity index (χ4n) is 14.0. The number of ketones is 2. The Morgan fingerprint density at radius 2 is 0.756 bits per heavy atom. The highest BCUT2D eigenvalue weighted by molar-refractivity contribution is 7.99. The molecule has 608 valence electrons. The number of Topliss-reactive ketones (excluding diaryl/α,β-unsaturated/α-hetero) is 2. The maximum Gasteiger partial charge on any atom is 0.178 e. The SMILES string of the molecule is CC(=O)c1cccc(C(C)=Nc2c(C)cc(O)cc2C)n1.CC(=O)c1cccc(C(C)=Nc2c(C)cccc2C)n1.CC(C)c1cccc(C(C)C)c1N=Cc1ccc2ccccc2n1.Cc1cc(C)c(-c2cccc(C=Nc3c(C(C)C)cccc3C(C)C)n2)c(C)c1.Cc1cc(C)c(Sc2ccccc2N=Cc2cccc(C)n2)c(C)c1. The van der Waals surface area contributed by atoms with Crippen molar-refractivity contribution < 1.29 is 14.7 Å². The molecule has 13 rings (SSSR count). The molecule has 0 unspecified atom stereocenters. The Hall–Kier alpha value is -12.4. The number of hydrogen-bond acceptors (Lipinski definition) is 14. The molecule has 0 aliphatic carbocycles. The Morgan fingerprint density at radius 1 is 0.353 bits per heavy atom. The topological polar surface area (TPSA) is 181 Å². The predicted octanol–water partition coefficient (Wildman–Crippen LogP) is 27.9. The summed E-state index contributed by atoms with van der Waals surface area (Å²) in [6, 6.07) is 74.8. The van der Waals surface area contributed by atoms with Crippen molar-refractivity contribution in [3.05, 3.63) is 348 Å². The second-order valence-corrected chi connectivity index (χ2v) is 32.7. The third-order valence-corrected chi connectivity index (χ3v) is 21.4. The molecule has 0 radical (unpaired) electrons. The van der Waals surface area contributed by atoms with Crippen molar-refractivity contribution in [1.29, 1.82) is 0 Å². The molecule has 0 aliphatic heterocycles. The number of phenolic OH excluding ortho intramolecular Hbond substituents is 1. The molecular formula is C105H114N10O3S.